The Kier molecular flexibility index (Phi) is 6.12. The van der Waals surface area contributed by atoms with Crippen LogP contribution in [0, 0.1) is 19.8 Å². The number of rotatable bonds is 5. The fraction of sp³-hybridized carbons (Fsp3) is 0.348. The molecule has 1 aliphatic rings. The molecule has 1 saturated heterocycles. The minimum atomic E-state index is -3.63. The number of carbonyl (C=O) groups is 1. The molecule has 0 aliphatic carbocycles. The van der Waals surface area contributed by atoms with Crippen molar-refractivity contribution < 1.29 is 22.4 Å². The number of benzene rings is 1. The minimum absolute atomic E-state index is 0.0440. The third-order valence-corrected chi connectivity index (χ3v) is 7.83. The van der Waals surface area contributed by atoms with Gasteiger partial charge in [0, 0.05) is 42.5 Å². The van der Waals surface area contributed by atoms with Gasteiger partial charge in [-0.05, 0) is 49.9 Å². The first-order valence-electron chi connectivity index (χ1n) is 10.4. The van der Waals surface area contributed by atoms with Gasteiger partial charge in [-0.25, -0.2) is 13.2 Å². The average molecular weight is 457 g/mol. The molecule has 0 saturated carbocycles. The molecule has 9 heteroatoms. The summed E-state index contributed by atoms with van der Waals surface area (Å²) in [4.78, 5) is 28.6. The van der Waals surface area contributed by atoms with Crippen molar-refractivity contribution in [2.45, 2.75) is 38.2 Å². The summed E-state index contributed by atoms with van der Waals surface area (Å²) in [6.07, 6.45) is 3.58. The van der Waals surface area contributed by atoms with E-state index >= 15 is 0 Å². The van der Waals surface area contributed by atoms with E-state index in [2.05, 4.69) is 4.98 Å². The highest BCUT2D eigenvalue weighted by Crippen LogP contribution is 2.26. The number of carbonyl (C=O) groups excluding carboxylic acids is 1. The maximum Gasteiger partial charge on any atom is 0.336 e. The van der Waals surface area contributed by atoms with Crippen LogP contribution in [0.3, 0.4) is 0 Å². The molecule has 1 aliphatic heterocycles. The summed E-state index contributed by atoms with van der Waals surface area (Å²) in [5, 5.41) is 0.734. The number of piperidine rings is 1. The molecule has 0 amide bonds. The van der Waals surface area contributed by atoms with E-state index < -0.39 is 27.5 Å². The van der Waals surface area contributed by atoms with E-state index in [1.54, 1.807) is 6.07 Å². The molecule has 4 rings (SSSR count). The van der Waals surface area contributed by atoms with Crippen molar-refractivity contribution in [2.75, 3.05) is 13.1 Å². The normalized spacial score (nSPS) is 15.7. The molecule has 0 unspecified atom stereocenters. The monoisotopic (exact) mass is 456 g/mol. The van der Waals surface area contributed by atoms with Gasteiger partial charge in [0.25, 0.3) is 0 Å². The number of hydrogen-bond acceptors (Lipinski definition) is 7. The standard InChI is InChI=1S/C23H24N2O6S/c1-15-5-6-20-18(12-21(26)31-22(20)16(15)2)14-30-23(27)17-7-10-25(11-8-17)32(28,29)19-4-3-9-24-13-19/h3-6,9,12-13,17H,7-8,10-11,14H2,1-2H3. The smallest absolute Gasteiger partial charge is 0.336 e. The number of nitrogens with zero attached hydrogens (tertiary/aromatic N) is 2. The van der Waals surface area contributed by atoms with Gasteiger partial charge in [0.15, 0.2) is 0 Å². The Morgan fingerprint density at radius 3 is 2.66 bits per heavy atom. The summed E-state index contributed by atoms with van der Waals surface area (Å²) in [6.45, 7) is 4.23. The first-order valence-corrected chi connectivity index (χ1v) is 11.8. The molecule has 0 spiro atoms. The van der Waals surface area contributed by atoms with Gasteiger partial charge in [-0.2, -0.15) is 4.31 Å². The van der Waals surface area contributed by atoms with Gasteiger partial charge >= 0.3 is 11.6 Å². The van der Waals surface area contributed by atoms with Gasteiger partial charge in [0.1, 0.15) is 17.1 Å². The van der Waals surface area contributed by atoms with Crippen LogP contribution in [0.15, 0.2) is 56.8 Å². The molecule has 32 heavy (non-hydrogen) atoms. The van der Waals surface area contributed by atoms with E-state index in [0.717, 1.165) is 16.5 Å². The number of aryl methyl sites for hydroxylation is 2. The average Bonchev–Trinajstić information content (AvgIpc) is 2.80. The number of pyridine rings is 1. The van der Waals surface area contributed by atoms with Crippen LogP contribution in [-0.2, 0) is 26.2 Å². The fourth-order valence-corrected chi connectivity index (χ4v) is 5.33. The molecule has 8 nitrogen and oxygen atoms in total. The van der Waals surface area contributed by atoms with Crippen LogP contribution in [0.1, 0.15) is 29.5 Å². The summed E-state index contributed by atoms with van der Waals surface area (Å²) in [7, 11) is -3.63. The van der Waals surface area contributed by atoms with Crippen molar-refractivity contribution in [3.63, 3.8) is 0 Å². The number of fused-ring (bicyclic) bond motifs is 1. The Balaban J connectivity index is 1.41. The van der Waals surface area contributed by atoms with Gasteiger partial charge < -0.3 is 9.15 Å². The molecule has 0 bridgehead atoms. The molecule has 0 atom stereocenters. The summed E-state index contributed by atoms with van der Waals surface area (Å²) in [5.41, 5.74) is 2.46. The maximum absolute atomic E-state index is 12.7. The number of esters is 1. The van der Waals surface area contributed by atoms with Crippen LogP contribution >= 0.6 is 0 Å². The van der Waals surface area contributed by atoms with Crippen LogP contribution in [0.2, 0.25) is 0 Å². The lowest BCUT2D eigenvalue weighted by Crippen LogP contribution is -2.40. The Morgan fingerprint density at radius 1 is 1.22 bits per heavy atom. The topological polar surface area (TPSA) is 107 Å². The first kappa shape index (κ1) is 22.2. The van der Waals surface area contributed by atoms with Gasteiger partial charge in [-0.3, -0.25) is 9.78 Å². The van der Waals surface area contributed by atoms with Crippen LogP contribution in [0.4, 0.5) is 0 Å². The molecular formula is C23H24N2O6S. The predicted molar refractivity (Wildman–Crippen MR) is 117 cm³/mol. The highest BCUT2D eigenvalue weighted by Gasteiger charge is 2.33. The van der Waals surface area contributed by atoms with E-state index in [1.165, 1.54) is 28.8 Å². The van der Waals surface area contributed by atoms with E-state index in [-0.39, 0.29) is 24.6 Å². The number of hydrogen-bond donors (Lipinski definition) is 0. The molecule has 1 fully saturated rings. The Hall–Kier alpha value is -3.04. The lowest BCUT2D eigenvalue weighted by atomic mass is 9.98. The Bertz CT molecular complexity index is 1310. The molecule has 168 valence electrons. The summed E-state index contributed by atoms with van der Waals surface area (Å²) in [5.74, 6) is -0.792. The minimum Gasteiger partial charge on any atom is -0.461 e. The first-order chi connectivity index (χ1) is 15.3. The molecule has 2 aromatic heterocycles. The summed E-state index contributed by atoms with van der Waals surface area (Å²) in [6, 6.07) is 8.21. The zero-order valence-corrected chi connectivity index (χ0v) is 18.7. The lowest BCUT2D eigenvalue weighted by Gasteiger charge is -2.30. The van der Waals surface area contributed by atoms with Crippen molar-refractivity contribution in [1.82, 2.24) is 9.29 Å². The van der Waals surface area contributed by atoms with Crippen molar-refractivity contribution in [3.05, 3.63) is 69.8 Å². The number of ether oxygens (including phenoxy) is 1. The van der Waals surface area contributed by atoms with Crippen LogP contribution in [0.25, 0.3) is 11.0 Å². The largest absolute Gasteiger partial charge is 0.461 e. The molecule has 3 heterocycles. The fourth-order valence-electron chi connectivity index (χ4n) is 3.89. The van der Waals surface area contributed by atoms with Gasteiger partial charge in [0.2, 0.25) is 10.0 Å². The van der Waals surface area contributed by atoms with Crippen LogP contribution < -0.4 is 5.63 Å². The Morgan fingerprint density at radius 2 is 1.97 bits per heavy atom. The zero-order chi connectivity index (χ0) is 22.9. The molecule has 3 aromatic rings. The Labute approximate surface area is 185 Å². The summed E-state index contributed by atoms with van der Waals surface area (Å²) >= 11 is 0. The second-order valence-corrected chi connectivity index (χ2v) is 9.89. The van der Waals surface area contributed by atoms with Crippen LogP contribution in [0.5, 0.6) is 0 Å². The molecule has 0 radical (unpaired) electrons. The van der Waals surface area contributed by atoms with Crippen LogP contribution in [-0.4, -0.2) is 36.8 Å². The lowest BCUT2D eigenvalue weighted by molar-refractivity contribution is -0.151. The van der Waals surface area contributed by atoms with Gasteiger partial charge in [-0.1, -0.05) is 12.1 Å². The van der Waals surface area contributed by atoms with Crippen molar-refractivity contribution >= 4 is 27.0 Å². The maximum atomic E-state index is 12.7. The highest BCUT2D eigenvalue weighted by molar-refractivity contribution is 7.89. The SMILES string of the molecule is Cc1ccc2c(COC(=O)C3CCN(S(=O)(=O)c4cccnc4)CC3)cc(=O)oc2c1C. The molecule has 1 aromatic carbocycles. The predicted octanol–water partition coefficient (Wildman–Crippen LogP) is 2.95. The van der Waals surface area contributed by atoms with E-state index in [9.17, 15) is 18.0 Å². The van der Waals surface area contributed by atoms with E-state index in [4.69, 9.17) is 9.15 Å². The van der Waals surface area contributed by atoms with E-state index in [0.29, 0.717) is 24.0 Å². The van der Waals surface area contributed by atoms with Crippen molar-refractivity contribution in [2.24, 2.45) is 5.92 Å². The third-order valence-electron chi connectivity index (χ3n) is 5.95. The number of aromatic nitrogens is 1. The highest BCUT2D eigenvalue weighted by atomic mass is 32.2. The van der Waals surface area contributed by atoms with E-state index in [1.807, 2.05) is 26.0 Å². The van der Waals surface area contributed by atoms with Gasteiger partial charge in [-0.15, -0.1) is 0 Å². The molecular weight excluding hydrogens is 432 g/mol. The summed E-state index contributed by atoms with van der Waals surface area (Å²) < 4.78 is 37.7. The molecule has 0 N–H and O–H groups in total. The van der Waals surface area contributed by atoms with Gasteiger partial charge in [0.05, 0.1) is 5.92 Å². The quantitative estimate of drug-likeness (QED) is 0.429. The third kappa shape index (κ3) is 4.31. The second kappa shape index (κ2) is 8.84. The zero-order valence-electron chi connectivity index (χ0n) is 17.9. The van der Waals surface area contributed by atoms with Crippen molar-refractivity contribution in [3.8, 4) is 0 Å². The van der Waals surface area contributed by atoms with Crippen molar-refractivity contribution in [1.29, 1.82) is 0 Å². The second-order valence-electron chi connectivity index (χ2n) is 7.95. The number of sulfonamides is 1.